The summed E-state index contributed by atoms with van der Waals surface area (Å²) in [5.41, 5.74) is 2.71. The van der Waals surface area contributed by atoms with Gasteiger partial charge in [0.05, 0.1) is 0 Å². The number of carbonyl (C=O) groups is 1. The van der Waals surface area contributed by atoms with Gasteiger partial charge in [-0.25, -0.2) is 9.97 Å². The van der Waals surface area contributed by atoms with Crippen LogP contribution in [-0.2, 0) is 6.54 Å². The minimum atomic E-state index is 0.00487. The van der Waals surface area contributed by atoms with E-state index in [9.17, 15) is 4.79 Å². The Hall–Kier alpha value is -2.41. The van der Waals surface area contributed by atoms with Crippen LogP contribution in [0, 0.1) is 5.92 Å². The molecule has 3 heterocycles. The van der Waals surface area contributed by atoms with Gasteiger partial charge >= 0.3 is 0 Å². The maximum atomic E-state index is 12.8. The molecule has 2 aromatic heterocycles. The molecule has 0 radical (unpaired) electrons. The van der Waals surface area contributed by atoms with Crippen molar-refractivity contribution in [2.24, 2.45) is 5.92 Å². The number of hydrogen-bond donors (Lipinski definition) is 1. The zero-order chi connectivity index (χ0) is 20.2. The number of amides is 1. The van der Waals surface area contributed by atoms with Crippen molar-refractivity contribution in [3.8, 4) is 11.1 Å². The van der Waals surface area contributed by atoms with Crippen LogP contribution >= 0.6 is 0 Å². The third-order valence-electron chi connectivity index (χ3n) is 5.71. The van der Waals surface area contributed by atoms with E-state index in [1.165, 1.54) is 25.7 Å². The molecule has 1 aliphatic heterocycles. The normalized spacial score (nSPS) is 16.6. The van der Waals surface area contributed by atoms with E-state index >= 15 is 0 Å². The maximum absolute atomic E-state index is 12.8. The van der Waals surface area contributed by atoms with Crippen LogP contribution in [0.3, 0.4) is 0 Å². The van der Waals surface area contributed by atoms with Crippen LogP contribution in [0.4, 0.5) is 5.95 Å². The molecule has 2 aliphatic rings. The van der Waals surface area contributed by atoms with Gasteiger partial charge in [-0.05, 0) is 64.7 Å². The number of hydrogen-bond acceptors (Lipinski definition) is 5. The fraction of sp³-hybridized carbons (Fsp3) is 0.591. The van der Waals surface area contributed by atoms with Crippen molar-refractivity contribution in [3.05, 3.63) is 30.4 Å². The summed E-state index contributed by atoms with van der Waals surface area (Å²) in [5.74, 6) is 1.51. The van der Waals surface area contributed by atoms with Crippen LogP contribution in [0.15, 0.2) is 24.7 Å². The summed E-state index contributed by atoms with van der Waals surface area (Å²) < 4.78 is 2.11. The summed E-state index contributed by atoms with van der Waals surface area (Å²) in [6.07, 6.45) is 11.7. The highest BCUT2D eigenvalue weighted by Crippen LogP contribution is 2.32. The molecular formula is C22H32N6O. The van der Waals surface area contributed by atoms with E-state index in [0.29, 0.717) is 12.5 Å². The van der Waals surface area contributed by atoms with Crippen molar-refractivity contribution in [2.75, 3.05) is 45.2 Å². The first kappa shape index (κ1) is 19.9. The van der Waals surface area contributed by atoms with Crippen molar-refractivity contribution in [1.29, 1.82) is 0 Å². The lowest BCUT2D eigenvalue weighted by molar-refractivity contribution is 0.0942. The fourth-order valence-electron chi connectivity index (χ4n) is 3.83. The van der Waals surface area contributed by atoms with Crippen molar-refractivity contribution in [3.63, 3.8) is 0 Å². The smallest absolute Gasteiger partial charge is 0.267 e. The second-order valence-corrected chi connectivity index (χ2v) is 8.59. The summed E-state index contributed by atoms with van der Waals surface area (Å²) in [5, 5.41) is 3.08. The molecule has 0 bridgehead atoms. The number of rotatable bonds is 9. The Morgan fingerprint density at radius 1 is 1.17 bits per heavy atom. The number of anilines is 1. The van der Waals surface area contributed by atoms with Gasteiger partial charge in [0, 0.05) is 55.9 Å². The second kappa shape index (κ2) is 8.95. The van der Waals surface area contributed by atoms with E-state index < -0.39 is 0 Å². The second-order valence-electron chi connectivity index (χ2n) is 8.59. The van der Waals surface area contributed by atoms with E-state index in [2.05, 4.69) is 35.8 Å². The number of carbonyl (C=O) groups excluding carboxylic acids is 1. The Morgan fingerprint density at radius 2 is 1.90 bits per heavy atom. The van der Waals surface area contributed by atoms with Gasteiger partial charge in [-0.1, -0.05) is 0 Å². The maximum Gasteiger partial charge on any atom is 0.267 e. The molecule has 2 fully saturated rings. The van der Waals surface area contributed by atoms with Gasteiger partial charge in [0.15, 0.2) is 0 Å². The SMILES string of the molecule is CN(C)CCCNC(=O)c1cc(-c2cnc(N3CCCC3)nc2)cn1CC1CC1. The molecule has 1 saturated carbocycles. The van der Waals surface area contributed by atoms with Crippen LogP contribution in [-0.4, -0.2) is 65.6 Å². The van der Waals surface area contributed by atoms with E-state index in [4.69, 9.17) is 0 Å². The molecule has 0 aromatic carbocycles. The first-order chi connectivity index (χ1) is 14.1. The van der Waals surface area contributed by atoms with Crippen molar-refractivity contribution < 1.29 is 4.79 Å². The quantitative estimate of drug-likeness (QED) is 0.660. The van der Waals surface area contributed by atoms with Gasteiger partial charge in [0.25, 0.3) is 5.91 Å². The van der Waals surface area contributed by atoms with Gasteiger partial charge in [-0.2, -0.15) is 0 Å². The molecule has 0 spiro atoms. The fourth-order valence-corrected chi connectivity index (χ4v) is 3.83. The Morgan fingerprint density at radius 3 is 2.55 bits per heavy atom. The van der Waals surface area contributed by atoms with Crippen molar-refractivity contribution in [1.82, 2.24) is 24.8 Å². The minimum Gasteiger partial charge on any atom is -0.351 e. The molecule has 1 saturated heterocycles. The third kappa shape index (κ3) is 5.15. The summed E-state index contributed by atoms with van der Waals surface area (Å²) in [6.45, 7) is 4.64. The minimum absolute atomic E-state index is 0.00487. The molecular weight excluding hydrogens is 364 g/mol. The average molecular weight is 397 g/mol. The highest BCUT2D eigenvalue weighted by atomic mass is 16.1. The first-order valence-electron chi connectivity index (χ1n) is 10.8. The number of nitrogens with zero attached hydrogens (tertiary/aromatic N) is 5. The lowest BCUT2D eigenvalue weighted by Crippen LogP contribution is -2.28. The topological polar surface area (TPSA) is 66.3 Å². The monoisotopic (exact) mass is 396 g/mol. The van der Waals surface area contributed by atoms with E-state index in [-0.39, 0.29) is 5.91 Å². The Bertz CT molecular complexity index is 818. The van der Waals surface area contributed by atoms with Gasteiger partial charge in [-0.3, -0.25) is 4.79 Å². The molecule has 29 heavy (non-hydrogen) atoms. The largest absolute Gasteiger partial charge is 0.351 e. The molecule has 1 amide bonds. The summed E-state index contributed by atoms with van der Waals surface area (Å²) in [7, 11) is 4.10. The highest BCUT2D eigenvalue weighted by Gasteiger charge is 2.25. The van der Waals surface area contributed by atoms with E-state index in [0.717, 1.165) is 55.4 Å². The van der Waals surface area contributed by atoms with Crippen molar-refractivity contribution in [2.45, 2.75) is 38.6 Å². The molecule has 2 aromatic rings. The van der Waals surface area contributed by atoms with E-state index in [1.807, 2.05) is 32.6 Å². The van der Waals surface area contributed by atoms with Gasteiger partial charge in [0.1, 0.15) is 5.69 Å². The van der Waals surface area contributed by atoms with Crippen molar-refractivity contribution >= 4 is 11.9 Å². The summed E-state index contributed by atoms with van der Waals surface area (Å²) in [6, 6.07) is 1.98. The van der Waals surface area contributed by atoms with Crippen LogP contribution in [0.25, 0.3) is 11.1 Å². The molecule has 0 unspecified atom stereocenters. The molecule has 7 nitrogen and oxygen atoms in total. The first-order valence-corrected chi connectivity index (χ1v) is 10.8. The van der Waals surface area contributed by atoms with Crippen LogP contribution in [0.1, 0.15) is 42.6 Å². The third-order valence-corrected chi connectivity index (χ3v) is 5.71. The Kier molecular flexibility index (Phi) is 6.13. The Labute approximate surface area is 173 Å². The predicted molar refractivity (Wildman–Crippen MR) is 115 cm³/mol. The lowest BCUT2D eigenvalue weighted by Gasteiger charge is -2.14. The standard InChI is InChI=1S/C22H32N6O/c1-26(2)9-5-8-23-21(29)20-12-18(16-28(20)15-17-6-7-17)19-13-24-22(25-14-19)27-10-3-4-11-27/h12-14,16-17H,3-11,15H2,1-2H3,(H,23,29). The molecule has 4 rings (SSSR count). The Balaban J connectivity index is 1.47. The molecule has 0 atom stereocenters. The van der Waals surface area contributed by atoms with Crippen LogP contribution in [0.5, 0.6) is 0 Å². The summed E-state index contributed by atoms with van der Waals surface area (Å²) >= 11 is 0. The molecule has 1 aliphatic carbocycles. The molecule has 1 N–H and O–H groups in total. The summed E-state index contributed by atoms with van der Waals surface area (Å²) in [4.78, 5) is 26.3. The van der Waals surface area contributed by atoms with E-state index in [1.54, 1.807) is 0 Å². The van der Waals surface area contributed by atoms with Crippen LogP contribution < -0.4 is 10.2 Å². The average Bonchev–Trinajstić information content (AvgIpc) is 3.19. The zero-order valence-corrected chi connectivity index (χ0v) is 17.6. The van der Waals surface area contributed by atoms with Gasteiger partial charge in [0.2, 0.25) is 5.95 Å². The molecule has 7 heteroatoms. The number of aromatic nitrogens is 3. The highest BCUT2D eigenvalue weighted by molar-refractivity contribution is 5.94. The lowest BCUT2D eigenvalue weighted by atomic mass is 10.2. The predicted octanol–water partition coefficient (Wildman–Crippen LogP) is 2.64. The molecule has 156 valence electrons. The van der Waals surface area contributed by atoms with Gasteiger partial charge < -0.3 is 19.7 Å². The van der Waals surface area contributed by atoms with Gasteiger partial charge in [-0.15, -0.1) is 0 Å². The number of nitrogens with one attached hydrogen (secondary N) is 1. The van der Waals surface area contributed by atoms with Crippen LogP contribution in [0.2, 0.25) is 0 Å². The zero-order valence-electron chi connectivity index (χ0n) is 17.6.